The van der Waals surface area contributed by atoms with Crippen LogP contribution in [0.1, 0.15) is 23.7 Å². The van der Waals surface area contributed by atoms with E-state index in [0.717, 1.165) is 18.6 Å². The van der Waals surface area contributed by atoms with Crippen molar-refractivity contribution in [3.63, 3.8) is 0 Å². The minimum atomic E-state index is -0.119. The Kier molecular flexibility index (Phi) is 4.14. The molecule has 2 aromatic rings. The van der Waals surface area contributed by atoms with Crippen molar-refractivity contribution in [2.24, 2.45) is 27.2 Å². The molecule has 0 saturated carbocycles. The number of aliphatic imine (C=N–C) groups is 2. The van der Waals surface area contributed by atoms with Crippen LogP contribution in [0.5, 0.6) is 5.75 Å². The zero-order valence-electron chi connectivity index (χ0n) is 12.6. The van der Waals surface area contributed by atoms with Gasteiger partial charge in [-0.3, -0.25) is 0 Å². The smallest absolute Gasteiger partial charge is 0.223 e. The molecule has 1 aliphatic carbocycles. The number of hydrogen-bond acceptors (Lipinski definition) is 2. The van der Waals surface area contributed by atoms with Gasteiger partial charge in [-0.1, -0.05) is 24.3 Å². The van der Waals surface area contributed by atoms with Crippen LogP contribution in [-0.4, -0.2) is 11.9 Å². The molecule has 6 nitrogen and oxygen atoms in total. The quantitative estimate of drug-likeness (QED) is 0.594. The molecule has 0 radical (unpaired) electrons. The molecule has 118 valence electrons. The standard InChI is InChI=1S/C17H19N5O/c18-16(19)22-17(20)21-12-6-8-13(9-7-12)23-15-10-5-11-3-1-2-4-14(11)15/h1-4,6-9,15H,5,10H2,(H6,18,19,20,21,22). The van der Waals surface area contributed by atoms with E-state index in [-0.39, 0.29) is 18.0 Å². The number of benzene rings is 2. The van der Waals surface area contributed by atoms with Gasteiger partial charge in [0.25, 0.3) is 0 Å². The minimum absolute atomic E-state index is 0.0170. The average Bonchev–Trinajstić information content (AvgIpc) is 2.92. The highest BCUT2D eigenvalue weighted by Gasteiger charge is 2.23. The van der Waals surface area contributed by atoms with Crippen LogP contribution in [0.15, 0.2) is 58.5 Å². The Morgan fingerprint density at radius 1 is 1.00 bits per heavy atom. The molecule has 0 bridgehead atoms. The van der Waals surface area contributed by atoms with Gasteiger partial charge in [0.1, 0.15) is 11.9 Å². The lowest BCUT2D eigenvalue weighted by atomic mass is 10.1. The molecule has 0 spiro atoms. The van der Waals surface area contributed by atoms with Crippen molar-refractivity contribution >= 4 is 17.6 Å². The third-order valence-electron chi connectivity index (χ3n) is 3.68. The molecule has 0 aliphatic heterocycles. The summed E-state index contributed by atoms with van der Waals surface area (Å²) in [6.07, 6.45) is 2.15. The van der Waals surface area contributed by atoms with Gasteiger partial charge in [-0.15, -0.1) is 0 Å². The van der Waals surface area contributed by atoms with Gasteiger partial charge in [-0.25, -0.2) is 4.99 Å². The lowest BCUT2D eigenvalue weighted by Crippen LogP contribution is -2.26. The zero-order chi connectivity index (χ0) is 16.2. The highest BCUT2D eigenvalue weighted by atomic mass is 16.5. The van der Waals surface area contributed by atoms with Crippen molar-refractivity contribution in [2.75, 3.05) is 0 Å². The first-order valence-corrected chi connectivity index (χ1v) is 7.40. The van der Waals surface area contributed by atoms with Crippen LogP contribution in [0.3, 0.4) is 0 Å². The Hall–Kier alpha value is -3.02. The molecule has 6 N–H and O–H groups in total. The van der Waals surface area contributed by atoms with Gasteiger partial charge in [0.05, 0.1) is 5.69 Å². The van der Waals surface area contributed by atoms with Crippen molar-refractivity contribution in [1.29, 1.82) is 0 Å². The van der Waals surface area contributed by atoms with E-state index in [9.17, 15) is 0 Å². The van der Waals surface area contributed by atoms with E-state index < -0.39 is 0 Å². The molecular weight excluding hydrogens is 290 g/mol. The van der Waals surface area contributed by atoms with E-state index in [1.54, 1.807) is 0 Å². The van der Waals surface area contributed by atoms with Gasteiger partial charge < -0.3 is 21.9 Å². The number of fused-ring (bicyclic) bond motifs is 1. The van der Waals surface area contributed by atoms with E-state index in [1.807, 2.05) is 30.3 Å². The minimum Gasteiger partial charge on any atom is -0.486 e. The summed E-state index contributed by atoms with van der Waals surface area (Å²) in [5.41, 5.74) is 19.4. The maximum absolute atomic E-state index is 6.08. The van der Waals surface area contributed by atoms with E-state index in [1.165, 1.54) is 11.1 Å². The molecule has 23 heavy (non-hydrogen) atoms. The number of guanidine groups is 2. The predicted molar refractivity (Wildman–Crippen MR) is 91.7 cm³/mol. The number of rotatable bonds is 3. The summed E-state index contributed by atoms with van der Waals surface area (Å²) in [6.45, 7) is 0. The van der Waals surface area contributed by atoms with Crippen LogP contribution in [0, 0.1) is 0 Å². The topological polar surface area (TPSA) is 112 Å². The largest absolute Gasteiger partial charge is 0.486 e. The first-order chi connectivity index (χ1) is 11.1. The van der Waals surface area contributed by atoms with Crippen LogP contribution >= 0.6 is 0 Å². The van der Waals surface area contributed by atoms with Crippen LogP contribution in [0.4, 0.5) is 5.69 Å². The summed E-state index contributed by atoms with van der Waals surface area (Å²) >= 11 is 0. The molecule has 1 atom stereocenters. The second kappa shape index (κ2) is 6.39. The van der Waals surface area contributed by atoms with E-state index in [4.69, 9.17) is 21.9 Å². The van der Waals surface area contributed by atoms with Crippen molar-refractivity contribution in [2.45, 2.75) is 18.9 Å². The van der Waals surface area contributed by atoms with Crippen LogP contribution in [-0.2, 0) is 6.42 Å². The monoisotopic (exact) mass is 309 g/mol. The Morgan fingerprint density at radius 3 is 2.48 bits per heavy atom. The van der Waals surface area contributed by atoms with E-state index >= 15 is 0 Å². The maximum Gasteiger partial charge on any atom is 0.223 e. The fourth-order valence-corrected chi connectivity index (χ4v) is 2.69. The van der Waals surface area contributed by atoms with Crippen LogP contribution < -0.4 is 21.9 Å². The summed E-state index contributed by atoms with van der Waals surface area (Å²) < 4.78 is 6.08. The van der Waals surface area contributed by atoms with Gasteiger partial charge in [0.15, 0.2) is 5.96 Å². The second-order valence-electron chi connectivity index (χ2n) is 5.34. The van der Waals surface area contributed by atoms with Gasteiger partial charge in [0.2, 0.25) is 5.96 Å². The van der Waals surface area contributed by atoms with Gasteiger partial charge >= 0.3 is 0 Å². The third-order valence-corrected chi connectivity index (χ3v) is 3.68. The summed E-state index contributed by atoms with van der Waals surface area (Å²) in [7, 11) is 0. The number of ether oxygens (including phenoxy) is 1. The van der Waals surface area contributed by atoms with E-state index in [0.29, 0.717) is 5.69 Å². The van der Waals surface area contributed by atoms with Crippen LogP contribution in [0.2, 0.25) is 0 Å². The number of aryl methyl sites for hydroxylation is 1. The lowest BCUT2D eigenvalue weighted by molar-refractivity contribution is 0.207. The van der Waals surface area contributed by atoms with Gasteiger partial charge in [0, 0.05) is 0 Å². The Labute approximate surface area is 134 Å². The summed E-state index contributed by atoms with van der Waals surface area (Å²) in [6, 6.07) is 15.7. The number of nitrogens with zero attached hydrogens (tertiary/aromatic N) is 2. The molecule has 1 unspecified atom stereocenters. The molecule has 0 aromatic heterocycles. The maximum atomic E-state index is 6.08. The van der Waals surface area contributed by atoms with Crippen molar-refractivity contribution in [3.05, 3.63) is 59.7 Å². The molecule has 3 rings (SSSR count). The number of nitrogens with two attached hydrogens (primary N) is 3. The first-order valence-electron chi connectivity index (χ1n) is 7.40. The first kappa shape index (κ1) is 14.9. The SMILES string of the molecule is NC(N)=NC(N)=Nc1ccc(OC2CCc3ccccc32)cc1. The molecule has 0 amide bonds. The van der Waals surface area contributed by atoms with Gasteiger partial charge in [-0.05, 0) is 48.2 Å². The normalized spacial score (nSPS) is 16.7. The Morgan fingerprint density at radius 2 is 1.74 bits per heavy atom. The van der Waals surface area contributed by atoms with Crippen molar-refractivity contribution in [3.8, 4) is 5.75 Å². The summed E-state index contributed by atoms with van der Waals surface area (Å²) in [5.74, 6) is 0.695. The van der Waals surface area contributed by atoms with Crippen molar-refractivity contribution in [1.82, 2.24) is 0 Å². The highest BCUT2D eigenvalue weighted by Crippen LogP contribution is 2.35. The van der Waals surface area contributed by atoms with Gasteiger partial charge in [-0.2, -0.15) is 4.99 Å². The highest BCUT2D eigenvalue weighted by molar-refractivity contribution is 5.93. The molecule has 0 fully saturated rings. The molecular formula is C17H19N5O. The fourth-order valence-electron chi connectivity index (χ4n) is 2.69. The zero-order valence-corrected chi connectivity index (χ0v) is 12.6. The molecule has 0 heterocycles. The second-order valence-corrected chi connectivity index (χ2v) is 5.34. The summed E-state index contributed by atoms with van der Waals surface area (Å²) in [4.78, 5) is 7.77. The molecule has 1 aliphatic rings. The molecule has 0 saturated heterocycles. The fraction of sp³-hybridized carbons (Fsp3) is 0.176. The third kappa shape index (κ3) is 3.60. The average molecular weight is 309 g/mol. The summed E-state index contributed by atoms with van der Waals surface area (Å²) in [5, 5.41) is 0. The number of hydrogen-bond donors (Lipinski definition) is 3. The Bertz CT molecular complexity index is 748. The molecule has 6 heteroatoms. The van der Waals surface area contributed by atoms with Crippen molar-refractivity contribution < 1.29 is 4.74 Å². The lowest BCUT2D eigenvalue weighted by Gasteiger charge is -2.15. The predicted octanol–water partition coefficient (Wildman–Crippen LogP) is 1.97. The van der Waals surface area contributed by atoms with Crippen LogP contribution in [0.25, 0.3) is 0 Å². The van der Waals surface area contributed by atoms with E-state index in [2.05, 4.69) is 28.2 Å². The molecule has 2 aromatic carbocycles. The Balaban J connectivity index is 1.70.